The van der Waals surface area contributed by atoms with Crippen molar-refractivity contribution < 1.29 is 13.5 Å². The van der Waals surface area contributed by atoms with E-state index in [-0.39, 0.29) is 11.8 Å². The third-order valence-corrected chi connectivity index (χ3v) is 2.59. The van der Waals surface area contributed by atoms with Gasteiger partial charge in [-0.25, -0.2) is 0 Å². The first-order valence-electron chi connectivity index (χ1n) is 5.52. The van der Waals surface area contributed by atoms with Crippen LogP contribution >= 0.6 is 11.6 Å². The quantitative estimate of drug-likeness (QED) is 0.838. The molecule has 0 aliphatic heterocycles. The van der Waals surface area contributed by atoms with Crippen LogP contribution in [0.2, 0.25) is 5.02 Å². The van der Waals surface area contributed by atoms with E-state index >= 15 is 0 Å². The molecule has 0 aliphatic rings. The van der Waals surface area contributed by atoms with Crippen LogP contribution in [0.5, 0.6) is 5.75 Å². The number of hydrogen-bond acceptors (Lipinski definition) is 2. The first-order chi connectivity index (χ1) is 8.04. The molecule has 0 spiro atoms. The minimum atomic E-state index is -2.83. The van der Waals surface area contributed by atoms with Crippen molar-refractivity contribution in [2.24, 2.45) is 0 Å². The maximum atomic E-state index is 12.2. The Balaban J connectivity index is 2.89. The number of halogens is 3. The molecule has 1 atom stereocenters. The second-order valence-electron chi connectivity index (χ2n) is 3.74. The fraction of sp³-hybridized carbons (Fsp3) is 0.500. The lowest BCUT2D eigenvalue weighted by Gasteiger charge is -2.18. The van der Waals surface area contributed by atoms with Crippen LogP contribution < -0.4 is 10.1 Å². The summed E-state index contributed by atoms with van der Waals surface area (Å²) in [5, 5.41) is 3.71. The summed E-state index contributed by atoms with van der Waals surface area (Å²) in [7, 11) is 0. The zero-order chi connectivity index (χ0) is 12.8. The molecule has 0 saturated heterocycles. The smallest absolute Gasteiger partial charge is 0.387 e. The summed E-state index contributed by atoms with van der Waals surface area (Å²) in [5.41, 5.74) is 0.645. The maximum absolute atomic E-state index is 12.2. The van der Waals surface area contributed by atoms with Crippen molar-refractivity contribution in [3.05, 3.63) is 28.8 Å². The van der Waals surface area contributed by atoms with E-state index in [1.54, 1.807) is 6.07 Å². The molecule has 2 nitrogen and oxygen atoms in total. The molecular formula is C12H16ClF2NO. The van der Waals surface area contributed by atoms with Crippen LogP contribution in [0.25, 0.3) is 0 Å². The Morgan fingerprint density at radius 1 is 1.41 bits per heavy atom. The Morgan fingerprint density at radius 3 is 2.71 bits per heavy atom. The van der Waals surface area contributed by atoms with E-state index in [1.807, 2.05) is 13.8 Å². The lowest BCUT2D eigenvalue weighted by Crippen LogP contribution is -2.20. The van der Waals surface area contributed by atoms with Crippen LogP contribution in [0.3, 0.4) is 0 Å². The fourth-order valence-electron chi connectivity index (χ4n) is 1.53. The van der Waals surface area contributed by atoms with Gasteiger partial charge in [-0.05, 0) is 38.1 Å². The molecule has 1 N–H and O–H groups in total. The summed E-state index contributed by atoms with van der Waals surface area (Å²) >= 11 is 5.86. The van der Waals surface area contributed by atoms with Gasteiger partial charge in [0.2, 0.25) is 0 Å². The first kappa shape index (κ1) is 14.2. The summed E-state index contributed by atoms with van der Waals surface area (Å²) in [5.74, 6) is 0.167. The minimum Gasteiger partial charge on any atom is -0.434 e. The van der Waals surface area contributed by atoms with Crippen molar-refractivity contribution in [1.29, 1.82) is 0 Å². The van der Waals surface area contributed by atoms with Gasteiger partial charge in [0.05, 0.1) is 0 Å². The summed E-state index contributed by atoms with van der Waals surface area (Å²) in [6.45, 7) is 1.91. The molecule has 5 heteroatoms. The molecular weight excluding hydrogens is 248 g/mol. The van der Waals surface area contributed by atoms with Gasteiger partial charge in [-0.1, -0.05) is 18.5 Å². The second kappa shape index (κ2) is 6.77. The van der Waals surface area contributed by atoms with Crippen molar-refractivity contribution in [3.63, 3.8) is 0 Å². The van der Waals surface area contributed by atoms with Gasteiger partial charge in [-0.15, -0.1) is 0 Å². The van der Waals surface area contributed by atoms with E-state index in [2.05, 4.69) is 10.1 Å². The summed E-state index contributed by atoms with van der Waals surface area (Å²) in [6.07, 6.45) is 0.968. The molecule has 0 heterocycles. The number of hydrogen-bond donors (Lipinski definition) is 1. The molecule has 96 valence electrons. The average molecular weight is 264 g/mol. The molecule has 17 heavy (non-hydrogen) atoms. The standard InChI is InChI=1S/C12H16ClF2NO/c1-3-6-16-8(2)10-7-9(13)4-5-11(10)17-12(14)15/h4-5,7-8,12,16H,3,6H2,1-2H3. The molecule has 0 radical (unpaired) electrons. The third kappa shape index (κ3) is 4.48. The van der Waals surface area contributed by atoms with Crippen molar-refractivity contribution in [2.75, 3.05) is 6.54 Å². The van der Waals surface area contributed by atoms with Gasteiger partial charge < -0.3 is 10.1 Å². The van der Waals surface area contributed by atoms with Crippen molar-refractivity contribution >= 4 is 11.6 Å². The normalized spacial score (nSPS) is 12.8. The molecule has 0 fully saturated rings. The van der Waals surface area contributed by atoms with Gasteiger partial charge in [-0.2, -0.15) is 8.78 Å². The Kier molecular flexibility index (Phi) is 5.65. The number of ether oxygens (including phenoxy) is 1. The Morgan fingerprint density at radius 2 is 2.12 bits per heavy atom. The number of alkyl halides is 2. The number of rotatable bonds is 6. The predicted molar refractivity (Wildman–Crippen MR) is 64.8 cm³/mol. The lowest BCUT2D eigenvalue weighted by atomic mass is 10.1. The van der Waals surface area contributed by atoms with Crippen molar-refractivity contribution in [2.45, 2.75) is 32.9 Å². The van der Waals surface area contributed by atoms with Crippen molar-refractivity contribution in [3.8, 4) is 5.75 Å². The average Bonchev–Trinajstić information content (AvgIpc) is 2.27. The highest BCUT2D eigenvalue weighted by molar-refractivity contribution is 6.30. The van der Waals surface area contributed by atoms with E-state index in [9.17, 15) is 8.78 Å². The molecule has 1 aromatic carbocycles. The van der Waals surface area contributed by atoms with Crippen LogP contribution in [0.15, 0.2) is 18.2 Å². The molecule has 1 aromatic rings. The maximum Gasteiger partial charge on any atom is 0.387 e. The van der Waals surface area contributed by atoms with Gasteiger partial charge in [0, 0.05) is 16.6 Å². The van der Waals surface area contributed by atoms with Crippen LogP contribution in [0.1, 0.15) is 31.9 Å². The molecule has 1 unspecified atom stereocenters. The summed E-state index contributed by atoms with van der Waals surface area (Å²) < 4.78 is 29.0. The number of benzene rings is 1. The van der Waals surface area contributed by atoms with Crippen molar-refractivity contribution in [1.82, 2.24) is 5.32 Å². The topological polar surface area (TPSA) is 21.3 Å². The highest BCUT2D eigenvalue weighted by Gasteiger charge is 2.14. The number of nitrogens with one attached hydrogen (secondary N) is 1. The zero-order valence-corrected chi connectivity index (χ0v) is 10.6. The third-order valence-electron chi connectivity index (χ3n) is 2.35. The summed E-state index contributed by atoms with van der Waals surface area (Å²) in [6, 6.07) is 4.57. The molecule has 0 amide bonds. The minimum absolute atomic E-state index is 0.0811. The van der Waals surface area contributed by atoms with Crippen LogP contribution in [0, 0.1) is 0 Å². The van der Waals surface area contributed by atoms with E-state index in [0.717, 1.165) is 13.0 Å². The zero-order valence-electron chi connectivity index (χ0n) is 9.84. The molecule has 0 saturated carbocycles. The first-order valence-corrected chi connectivity index (χ1v) is 5.90. The van der Waals surface area contributed by atoms with Gasteiger partial charge in [0.25, 0.3) is 0 Å². The van der Waals surface area contributed by atoms with Crippen LogP contribution in [-0.4, -0.2) is 13.2 Å². The highest BCUT2D eigenvalue weighted by atomic mass is 35.5. The lowest BCUT2D eigenvalue weighted by molar-refractivity contribution is -0.0506. The van der Waals surface area contributed by atoms with E-state index in [1.165, 1.54) is 12.1 Å². The van der Waals surface area contributed by atoms with E-state index in [0.29, 0.717) is 10.6 Å². The largest absolute Gasteiger partial charge is 0.434 e. The predicted octanol–water partition coefficient (Wildman–Crippen LogP) is 4.00. The van der Waals surface area contributed by atoms with Gasteiger partial charge in [0.15, 0.2) is 0 Å². The van der Waals surface area contributed by atoms with Crippen LogP contribution in [0.4, 0.5) is 8.78 Å². The Hall–Kier alpha value is -0.870. The van der Waals surface area contributed by atoms with Gasteiger partial charge in [0.1, 0.15) is 5.75 Å². The van der Waals surface area contributed by atoms with E-state index in [4.69, 9.17) is 11.6 Å². The monoisotopic (exact) mass is 263 g/mol. The van der Waals surface area contributed by atoms with Gasteiger partial charge in [-0.3, -0.25) is 0 Å². The van der Waals surface area contributed by atoms with Crippen LogP contribution in [-0.2, 0) is 0 Å². The molecule has 0 aliphatic carbocycles. The van der Waals surface area contributed by atoms with E-state index < -0.39 is 6.61 Å². The Labute approximate surface area is 105 Å². The highest BCUT2D eigenvalue weighted by Crippen LogP contribution is 2.29. The summed E-state index contributed by atoms with van der Waals surface area (Å²) in [4.78, 5) is 0. The second-order valence-corrected chi connectivity index (χ2v) is 4.17. The molecule has 1 rings (SSSR count). The SMILES string of the molecule is CCCNC(C)c1cc(Cl)ccc1OC(F)F. The Bertz CT molecular complexity index is 360. The fourth-order valence-corrected chi connectivity index (χ4v) is 1.71. The van der Waals surface area contributed by atoms with Gasteiger partial charge >= 0.3 is 6.61 Å². The molecule has 0 aromatic heterocycles. The molecule has 0 bridgehead atoms.